The second kappa shape index (κ2) is 5.90. The number of nitrogens with one attached hydrogen (secondary N) is 1. The topological polar surface area (TPSA) is 49.4 Å². The molecule has 0 saturated heterocycles. The largest absolute Gasteiger partial charge is 0.273 e. The van der Waals surface area contributed by atoms with Crippen molar-refractivity contribution in [1.82, 2.24) is 10.4 Å². The molecule has 0 spiro atoms. The molecule has 2 amide bonds. The molecule has 0 unspecified atom stereocenters. The van der Waals surface area contributed by atoms with Crippen LogP contribution >= 0.6 is 0 Å². The molecule has 1 N–H and O–H groups in total. The predicted octanol–water partition coefficient (Wildman–Crippen LogP) is 1.59. The Bertz CT molecular complexity index is 363. The maximum absolute atomic E-state index is 11.8. The third-order valence-corrected chi connectivity index (χ3v) is 2.09. The summed E-state index contributed by atoms with van der Waals surface area (Å²) >= 11 is 0. The third-order valence-electron chi connectivity index (χ3n) is 2.09. The Hall–Kier alpha value is -1.84. The maximum Gasteiger partial charge on any atom is 0.272 e. The first-order valence-corrected chi connectivity index (χ1v) is 5.27. The van der Waals surface area contributed by atoms with Gasteiger partial charge in [0.05, 0.1) is 0 Å². The lowest BCUT2D eigenvalue weighted by Gasteiger charge is -2.18. The van der Waals surface area contributed by atoms with Crippen LogP contribution in [0.15, 0.2) is 30.3 Å². The lowest BCUT2D eigenvalue weighted by Crippen LogP contribution is -2.43. The van der Waals surface area contributed by atoms with E-state index in [-0.39, 0.29) is 11.8 Å². The van der Waals surface area contributed by atoms with Crippen LogP contribution in [0, 0.1) is 0 Å². The molecule has 86 valence electrons. The van der Waals surface area contributed by atoms with Crippen molar-refractivity contribution in [2.75, 3.05) is 7.05 Å². The molecule has 0 atom stereocenters. The van der Waals surface area contributed by atoms with E-state index in [2.05, 4.69) is 5.43 Å². The summed E-state index contributed by atoms with van der Waals surface area (Å²) in [6.45, 7) is 1.92. The Morgan fingerprint density at radius 3 is 2.44 bits per heavy atom. The van der Waals surface area contributed by atoms with Crippen LogP contribution in [0.25, 0.3) is 0 Å². The van der Waals surface area contributed by atoms with Gasteiger partial charge < -0.3 is 0 Å². The maximum atomic E-state index is 11.8. The van der Waals surface area contributed by atoms with Gasteiger partial charge in [0, 0.05) is 19.0 Å². The molecule has 0 bridgehead atoms. The summed E-state index contributed by atoms with van der Waals surface area (Å²) in [4.78, 5) is 23.1. The Morgan fingerprint density at radius 2 is 1.88 bits per heavy atom. The predicted molar refractivity (Wildman–Crippen MR) is 61.6 cm³/mol. The van der Waals surface area contributed by atoms with Gasteiger partial charge in [-0.2, -0.15) is 0 Å². The first kappa shape index (κ1) is 12.2. The molecule has 1 aromatic carbocycles. The van der Waals surface area contributed by atoms with E-state index < -0.39 is 0 Å². The minimum atomic E-state index is -0.218. The second-order valence-corrected chi connectivity index (χ2v) is 3.52. The van der Waals surface area contributed by atoms with Crippen molar-refractivity contribution >= 4 is 11.8 Å². The summed E-state index contributed by atoms with van der Waals surface area (Å²) < 4.78 is 0. The number of rotatable bonds is 3. The number of benzene rings is 1. The van der Waals surface area contributed by atoms with Crippen LogP contribution in [0.2, 0.25) is 0 Å². The van der Waals surface area contributed by atoms with Gasteiger partial charge in [0.2, 0.25) is 5.91 Å². The average molecular weight is 220 g/mol. The van der Waals surface area contributed by atoms with Crippen molar-refractivity contribution in [3.8, 4) is 0 Å². The minimum absolute atomic E-state index is 0.144. The summed E-state index contributed by atoms with van der Waals surface area (Å²) in [5.74, 6) is -0.362. The van der Waals surface area contributed by atoms with Gasteiger partial charge in [-0.05, 0) is 18.6 Å². The SMILES string of the molecule is CCCC(=O)NN(C)C(=O)c1ccccc1. The van der Waals surface area contributed by atoms with Crippen molar-refractivity contribution in [2.24, 2.45) is 0 Å². The van der Waals surface area contributed by atoms with Crippen molar-refractivity contribution in [3.05, 3.63) is 35.9 Å². The molecule has 4 nitrogen and oxygen atoms in total. The number of amides is 2. The molecule has 0 heterocycles. The minimum Gasteiger partial charge on any atom is -0.273 e. The van der Waals surface area contributed by atoms with E-state index in [1.165, 1.54) is 5.01 Å². The Balaban J connectivity index is 2.58. The van der Waals surface area contributed by atoms with Crippen LogP contribution in [0.3, 0.4) is 0 Å². The number of hydrogen-bond acceptors (Lipinski definition) is 2. The van der Waals surface area contributed by atoms with E-state index in [0.717, 1.165) is 6.42 Å². The normalized spacial score (nSPS) is 9.62. The van der Waals surface area contributed by atoms with E-state index in [1.54, 1.807) is 31.3 Å². The average Bonchev–Trinajstić information content (AvgIpc) is 2.29. The van der Waals surface area contributed by atoms with Crippen molar-refractivity contribution in [1.29, 1.82) is 0 Å². The Kier molecular flexibility index (Phi) is 4.51. The van der Waals surface area contributed by atoms with Crippen LogP contribution in [0.4, 0.5) is 0 Å². The number of carbonyl (C=O) groups is 2. The van der Waals surface area contributed by atoms with Crippen molar-refractivity contribution in [2.45, 2.75) is 19.8 Å². The van der Waals surface area contributed by atoms with E-state index in [1.807, 2.05) is 13.0 Å². The van der Waals surface area contributed by atoms with Gasteiger partial charge in [0.1, 0.15) is 0 Å². The van der Waals surface area contributed by atoms with Crippen LogP contribution in [-0.4, -0.2) is 23.9 Å². The van der Waals surface area contributed by atoms with Gasteiger partial charge in [-0.25, -0.2) is 0 Å². The van der Waals surface area contributed by atoms with Crippen LogP contribution in [-0.2, 0) is 4.79 Å². The lowest BCUT2D eigenvalue weighted by atomic mass is 10.2. The van der Waals surface area contributed by atoms with Crippen molar-refractivity contribution < 1.29 is 9.59 Å². The highest BCUT2D eigenvalue weighted by molar-refractivity contribution is 5.95. The standard InChI is InChI=1S/C12H16N2O2/c1-3-7-11(15)13-14(2)12(16)10-8-5-4-6-9-10/h4-6,8-9H,3,7H2,1-2H3,(H,13,15). The lowest BCUT2D eigenvalue weighted by molar-refractivity contribution is -0.124. The fourth-order valence-corrected chi connectivity index (χ4v) is 1.30. The number of carbonyl (C=O) groups excluding carboxylic acids is 2. The molecular formula is C12H16N2O2. The van der Waals surface area contributed by atoms with Crippen molar-refractivity contribution in [3.63, 3.8) is 0 Å². The monoisotopic (exact) mass is 220 g/mol. The summed E-state index contributed by atoms with van der Waals surface area (Å²) in [6.07, 6.45) is 1.19. The molecule has 1 rings (SSSR count). The summed E-state index contributed by atoms with van der Waals surface area (Å²) in [5, 5.41) is 1.22. The summed E-state index contributed by atoms with van der Waals surface area (Å²) in [7, 11) is 1.54. The van der Waals surface area contributed by atoms with Gasteiger partial charge in [0.15, 0.2) is 0 Å². The van der Waals surface area contributed by atoms with Gasteiger partial charge in [-0.15, -0.1) is 0 Å². The van der Waals surface area contributed by atoms with E-state index in [0.29, 0.717) is 12.0 Å². The highest BCUT2D eigenvalue weighted by Gasteiger charge is 2.12. The van der Waals surface area contributed by atoms with Crippen LogP contribution in [0.1, 0.15) is 30.1 Å². The molecule has 0 fully saturated rings. The first-order chi connectivity index (χ1) is 7.65. The fourth-order valence-electron chi connectivity index (χ4n) is 1.30. The molecule has 0 aliphatic heterocycles. The quantitative estimate of drug-likeness (QED) is 0.786. The summed E-state index contributed by atoms with van der Waals surface area (Å²) in [6, 6.07) is 8.84. The zero-order valence-corrected chi connectivity index (χ0v) is 9.56. The van der Waals surface area contributed by atoms with Gasteiger partial charge in [0.25, 0.3) is 5.91 Å². The smallest absolute Gasteiger partial charge is 0.272 e. The van der Waals surface area contributed by atoms with Gasteiger partial charge >= 0.3 is 0 Å². The molecule has 0 saturated carbocycles. The number of hydrogen-bond donors (Lipinski definition) is 1. The highest BCUT2D eigenvalue weighted by Crippen LogP contribution is 2.01. The number of nitrogens with zero attached hydrogens (tertiary/aromatic N) is 1. The molecule has 0 aliphatic rings. The summed E-state index contributed by atoms with van der Waals surface area (Å²) in [5.41, 5.74) is 3.08. The molecule has 1 aromatic rings. The van der Waals surface area contributed by atoms with E-state index >= 15 is 0 Å². The van der Waals surface area contributed by atoms with Gasteiger partial charge in [-0.1, -0.05) is 25.1 Å². The van der Waals surface area contributed by atoms with Crippen LogP contribution < -0.4 is 5.43 Å². The molecule has 4 heteroatoms. The first-order valence-electron chi connectivity index (χ1n) is 5.27. The molecule has 0 radical (unpaired) electrons. The number of hydrazine groups is 1. The molecule has 0 aromatic heterocycles. The zero-order valence-electron chi connectivity index (χ0n) is 9.56. The van der Waals surface area contributed by atoms with E-state index in [9.17, 15) is 9.59 Å². The molecule has 16 heavy (non-hydrogen) atoms. The second-order valence-electron chi connectivity index (χ2n) is 3.52. The molecule has 0 aliphatic carbocycles. The highest BCUT2D eigenvalue weighted by atomic mass is 16.2. The fraction of sp³-hybridized carbons (Fsp3) is 0.333. The Labute approximate surface area is 95.2 Å². The van der Waals surface area contributed by atoms with Gasteiger partial charge in [-0.3, -0.25) is 20.0 Å². The van der Waals surface area contributed by atoms with Crippen LogP contribution in [0.5, 0.6) is 0 Å². The molecular weight excluding hydrogens is 204 g/mol. The Morgan fingerprint density at radius 1 is 1.25 bits per heavy atom. The van der Waals surface area contributed by atoms with E-state index in [4.69, 9.17) is 0 Å². The third kappa shape index (κ3) is 3.38. The zero-order chi connectivity index (χ0) is 12.0.